The van der Waals surface area contributed by atoms with Gasteiger partial charge < -0.3 is 4.40 Å². The predicted octanol–water partition coefficient (Wildman–Crippen LogP) is 3.03. The van der Waals surface area contributed by atoms with Crippen molar-refractivity contribution in [2.75, 3.05) is 26.2 Å². The number of pyridine rings is 1. The molecule has 4 heterocycles. The Kier molecular flexibility index (Phi) is 4.97. The molecule has 0 amide bonds. The minimum Gasteiger partial charge on any atom is -0.322 e. The van der Waals surface area contributed by atoms with Crippen LogP contribution in [0.15, 0.2) is 46.9 Å². The quantitative estimate of drug-likeness (QED) is 0.650. The molecule has 0 spiro atoms. The molecular weight excluding hydrogens is 404 g/mol. The highest BCUT2D eigenvalue weighted by Gasteiger charge is 2.30. The minimum absolute atomic E-state index is 0.284. The van der Waals surface area contributed by atoms with Gasteiger partial charge in [0.15, 0.2) is 0 Å². The molecular formula is C18H17ClN4O2S2. The van der Waals surface area contributed by atoms with Gasteiger partial charge in [0.2, 0.25) is 0 Å². The third-order valence-electron chi connectivity index (χ3n) is 4.74. The van der Waals surface area contributed by atoms with Gasteiger partial charge in [0.1, 0.15) is 10.3 Å². The lowest BCUT2D eigenvalue weighted by molar-refractivity contribution is 0.181. The normalized spacial score (nSPS) is 16.6. The zero-order valence-corrected chi connectivity index (χ0v) is 16.8. The predicted molar refractivity (Wildman–Crippen MR) is 105 cm³/mol. The van der Waals surface area contributed by atoms with Crippen LogP contribution in [0.2, 0.25) is 4.34 Å². The SMILES string of the molecule is N#Cc1c(CN2CCN(S(=O)(=O)c3ccc(Cl)s3)CC2)cn2ccccc12. The first-order valence-corrected chi connectivity index (χ1v) is 11.1. The second-order valence-corrected chi connectivity index (χ2v) is 10.3. The molecule has 0 radical (unpaired) electrons. The summed E-state index contributed by atoms with van der Waals surface area (Å²) in [4.78, 5) is 2.18. The number of thiophene rings is 1. The van der Waals surface area contributed by atoms with Crippen LogP contribution in [0, 0.1) is 11.3 Å². The summed E-state index contributed by atoms with van der Waals surface area (Å²) in [6.45, 7) is 2.72. The Balaban J connectivity index is 1.47. The molecule has 3 aromatic rings. The van der Waals surface area contributed by atoms with Gasteiger partial charge >= 0.3 is 0 Å². The van der Waals surface area contributed by atoms with Gasteiger partial charge in [0, 0.05) is 50.7 Å². The Morgan fingerprint density at radius 1 is 1.15 bits per heavy atom. The Labute approximate surface area is 166 Å². The summed E-state index contributed by atoms with van der Waals surface area (Å²) < 4.78 is 29.6. The lowest BCUT2D eigenvalue weighted by Crippen LogP contribution is -2.48. The number of piperazine rings is 1. The number of fused-ring (bicyclic) bond motifs is 1. The number of hydrogen-bond donors (Lipinski definition) is 0. The first-order chi connectivity index (χ1) is 13.0. The first kappa shape index (κ1) is 18.5. The monoisotopic (exact) mass is 420 g/mol. The largest absolute Gasteiger partial charge is 0.322 e. The summed E-state index contributed by atoms with van der Waals surface area (Å²) in [5.74, 6) is 0. The first-order valence-electron chi connectivity index (χ1n) is 8.45. The Hall–Kier alpha value is -1.89. The molecule has 27 heavy (non-hydrogen) atoms. The van der Waals surface area contributed by atoms with Crippen molar-refractivity contribution >= 4 is 38.5 Å². The lowest BCUT2D eigenvalue weighted by atomic mass is 10.1. The van der Waals surface area contributed by atoms with Crippen LogP contribution in [0.1, 0.15) is 11.1 Å². The van der Waals surface area contributed by atoms with E-state index in [0.29, 0.717) is 42.6 Å². The van der Waals surface area contributed by atoms with Crippen molar-refractivity contribution < 1.29 is 8.42 Å². The fourth-order valence-corrected chi connectivity index (χ4v) is 6.42. The van der Waals surface area contributed by atoms with E-state index in [9.17, 15) is 13.7 Å². The number of halogens is 1. The third-order valence-corrected chi connectivity index (χ3v) is 8.34. The van der Waals surface area contributed by atoms with E-state index in [-0.39, 0.29) is 4.21 Å². The van der Waals surface area contributed by atoms with E-state index in [1.807, 2.05) is 35.0 Å². The van der Waals surface area contributed by atoms with Crippen LogP contribution in [0.25, 0.3) is 5.52 Å². The van der Waals surface area contributed by atoms with Gasteiger partial charge in [-0.05, 0) is 24.3 Å². The maximum absolute atomic E-state index is 12.7. The average Bonchev–Trinajstić information content (AvgIpc) is 3.25. The van der Waals surface area contributed by atoms with Crippen molar-refractivity contribution in [1.82, 2.24) is 13.6 Å². The van der Waals surface area contributed by atoms with Crippen LogP contribution in [0.3, 0.4) is 0 Å². The van der Waals surface area contributed by atoms with Crippen LogP contribution >= 0.6 is 22.9 Å². The third kappa shape index (κ3) is 3.49. The van der Waals surface area contributed by atoms with E-state index >= 15 is 0 Å². The Bertz CT molecular complexity index is 1120. The molecule has 6 nitrogen and oxygen atoms in total. The summed E-state index contributed by atoms with van der Waals surface area (Å²) in [5.41, 5.74) is 2.54. The second kappa shape index (κ2) is 7.26. The number of nitriles is 1. The van der Waals surface area contributed by atoms with Crippen LogP contribution < -0.4 is 0 Å². The summed E-state index contributed by atoms with van der Waals surface area (Å²) >= 11 is 6.96. The highest BCUT2D eigenvalue weighted by molar-refractivity contribution is 7.91. The van der Waals surface area contributed by atoms with Crippen molar-refractivity contribution in [2.45, 2.75) is 10.8 Å². The Morgan fingerprint density at radius 2 is 1.93 bits per heavy atom. The zero-order chi connectivity index (χ0) is 19.0. The number of sulfonamides is 1. The molecule has 1 saturated heterocycles. The summed E-state index contributed by atoms with van der Waals surface area (Å²) in [7, 11) is -3.49. The highest BCUT2D eigenvalue weighted by Crippen LogP contribution is 2.29. The van der Waals surface area contributed by atoms with Crippen LogP contribution in [-0.4, -0.2) is 48.2 Å². The van der Waals surface area contributed by atoms with Gasteiger partial charge in [-0.25, -0.2) is 8.42 Å². The molecule has 0 N–H and O–H groups in total. The van der Waals surface area contributed by atoms with E-state index in [2.05, 4.69) is 11.0 Å². The average molecular weight is 421 g/mol. The highest BCUT2D eigenvalue weighted by atomic mass is 35.5. The topological polar surface area (TPSA) is 68.8 Å². The molecule has 0 unspecified atom stereocenters. The summed E-state index contributed by atoms with van der Waals surface area (Å²) in [6.07, 6.45) is 3.90. The van der Waals surface area contributed by atoms with Crippen molar-refractivity contribution in [3.8, 4) is 6.07 Å². The molecule has 1 fully saturated rings. The number of nitrogens with zero attached hydrogens (tertiary/aromatic N) is 4. The van der Waals surface area contributed by atoms with Crippen molar-refractivity contribution in [1.29, 1.82) is 5.26 Å². The zero-order valence-electron chi connectivity index (χ0n) is 14.4. The molecule has 1 aliphatic heterocycles. The van der Waals surface area contributed by atoms with E-state index in [4.69, 9.17) is 11.6 Å². The smallest absolute Gasteiger partial charge is 0.252 e. The minimum atomic E-state index is -3.49. The maximum Gasteiger partial charge on any atom is 0.252 e. The molecule has 1 aliphatic rings. The number of hydrogen-bond acceptors (Lipinski definition) is 5. The number of rotatable bonds is 4. The van der Waals surface area contributed by atoms with Gasteiger partial charge in [-0.3, -0.25) is 4.90 Å². The van der Waals surface area contributed by atoms with Gasteiger partial charge in [0.05, 0.1) is 15.4 Å². The molecule has 0 saturated carbocycles. The second-order valence-electron chi connectivity index (χ2n) is 6.37. The van der Waals surface area contributed by atoms with E-state index < -0.39 is 10.0 Å². The molecule has 0 bridgehead atoms. The van der Waals surface area contributed by atoms with E-state index in [1.54, 1.807) is 12.1 Å². The molecule has 0 aromatic carbocycles. The van der Waals surface area contributed by atoms with Crippen LogP contribution in [0.4, 0.5) is 0 Å². The lowest BCUT2D eigenvalue weighted by Gasteiger charge is -2.33. The summed E-state index contributed by atoms with van der Waals surface area (Å²) in [5, 5.41) is 9.53. The fraction of sp³-hybridized carbons (Fsp3) is 0.278. The molecule has 9 heteroatoms. The molecule has 140 valence electrons. The fourth-order valence-electron chi connectivity index (χ4n) is 3.36. The van der Waals surface area contributed by atoms with Gasteiger partial charge in [-0.1, -0.05) is 17.7 Å². The molecule has 3 aromatic heterocycles. The van der Waals surface area contributed by atoms with Crippen LogP contribution in [0.5, 0.6) is 0 Å². The van der Waals surface area contributed by atoms with Crippen molar-refractivity contribution in [3.05, 3.63) is 58.2 Å². The maximum atomic E-state index is 12.7. The van der Waals surface area contributed by atoms with E-state index in [0.717, 1.165) is 22.4 Å². The van der Waals surface area contributed by atoms with E-state index in [1.165, 1.54) is 4.31 Å². The molecule has 0 aliphatic carbocycles. The summed E-state index contributed by atoms with van der Waals surface area (Å²) in [6, 6.07) is 11.2. The van der Waals surface area contributed by atoms with Gasteiger partial charge in [-0.15, -0.1) is 11.3 Å². The van der Waals surface area contributed by atoms with Gasteiger partial charge in [-0.2, -0.15) is 9.57 Å². The van der Waals surface area contributed by atoms with Crippen molar-refractivity contribution in [3.63, 3.8) is 0 Å². The standard InChI is InChI=1S/C18H17ClN4O2S2/c19-17-4-5-18(26-17)27(24,25)23-9-7-21(8-10-23)12-14-13-22-6-2-1-3-16(22)15(14)11-20/h1-6,13H,7-10,12H2. The molecule has 0 atom stereocenters. The Morgan fingerprint density at radius 3 is 2.59 bits per heavy atom. The van der Waals surface area contributed by atoms with Crippen molar-refractivity contribution in [2.24, 2.45) is 0 Å². The van der Waals surface area contributed by atoms with Gasteiger partial charge in [0.25, 0.3) is 10.0 Å². The van der Waals surface area contributed by atoms with Crippen LogP contribution in [-0.2, 0) is 16.6 Å². The number of aromatic nitrogens is 1. The molecule has 4 rings (SSSR count).